The molecule has 0 amide bonds. The highest BCUT2D eigenvalue weighted by Gasteiger charge is 2.11. The summed E-state index contributed by atoms with van der Waals surface area (Å²) in [6.07, 6.45) is 0.618. The Morgan fingerprint density at radius 3 is 2.53 bits per heavy atom. The maximum absolute atomic E-state index is 11.7. The molecular weight excluding hydrogens is 238 g/mol. The van der Waals surface area contributed by atoms with Gasteiger partial charge in [-0.15, -0.1) is 0 Å². The Labute approximate surface area is 103 Å². The third kappa shape index (κ3) is 4.65. The normalized spacial score (nSPS) is 11.8. The van der Waals surface area contributed by atoms with Crippen LogP contribution in [0.25, 0.3) is 0 Å². The average Bonchev–Trinajstić information content (AvgIpc) is 2.21. The molecule has 0 saturated carbocycles. The van der Waals surface area contributed by atoms with E-state index in [1.165, 1.54) is 6.07 Å². The maximum Gasteiger partial charge on any atom is 0.232 e. The van der Waals surface area contributed by atoms with Crippen molar-refractivity contribution in [2.75, 3.05) is 10.5 Å². The Morgan fingerprint density at radius 2 is 2.00 bits per heavy atom. The summed E-state index contributed by atoms with van der Waals surface area (Å²) in [5.41, 5.74) is 1.12. The van der Waals surface area contributed by atoms with Crippen molar-refractivity contribution in [2.24, 2.45) is 5.92 Å². The van der Waals surface area contributed by atoms with Gasteiger partial charge in [-0.3, -0.25) is 4.72 Å². The van der Waals surface area contributed by atoms with Gasteiger partial charge in [-0.25, -0.2) is 8.42 Å². The van der Waals surface area contributed by atoms with Gasteiger partial charge < -0.3 is 5.11 Å². The summed E-state index contributed by atoms with van der Waals surface area (Å²) in [4.78, 5) is 0. The van der Waals surface area contributed by atoms with Crippen molar-refractivity contribution in [3.63, 3.8) is 0 Å². The van der Waals surface area contributed by atoms with Crippen molar-refractivity contribution in [3.8, 4) is 5.75 Å². The predicted molar refractivity (Wildman–Crippen MR) is 69.7 cm³/mol. The van der Waals surface area contributed by atoms with Crippen molar-refractivity contribution in [2.45, 2.75) is 27.2 Å². The molecule has 0 aliphatic heterocycles. The molecule has 0 aromatic heterocycles. The number of anilines is 1. The molecule has 0 aliphatic rings. The van der Waals surface area contributed by atoms with Gasteiger partial charge in [-0.05, 0) is 30.9 Å². The van der Waals surface area contributed by atoms with E-state index >= 15 is 0 Å². The topological polar surface area (TPSA) is 66.4 Å². The number of sulfonamides is 1. The van der Waals surface area contributed by atoms with Crippen molar-refractivity contribution >= 4 is 15.7 Å². The number of rotatable bonds is 5. The third-order valence-electron chi connectivity index (χ3n) is 2.45. The van der Waals surface area contributed by atoms with Crippen molar-refractivity contribution in [3.05, 3.63) is 23.8 Å². The highest BCUT2D eigenvalue weighted by Crippen LogP contribution is 2.21. The first-order valence-corrected chi connectivity index (χ1v) is 7.25. The molecule has 17 heavy (non-hydrogen) atoms. The fourth-order valence-corrected chi connectivity index (χ4v) is 2.66. The summed E-state index contributed by atoms with van der Waals surface area (Å²) < 4.78 is 25.9. The number of aryl methyl sites for hydroxylation is 1. The van der Waals surface area contributed by atoms with Gasteiger partial charge in [-0.2, -0.15) is 0 Å². The summed E-state index contributed by atoms with van der Waals surface area (Å²) in [5, 5.41) is 9.48. The fourth-order valence-electron chi connectivity index (χ4n) is 1.29. The summed E-state index contributed by atoms with van der Waals surface area (Å²) >= 11 is 0. The van der Waals surface area contributed by atoms with E-state index in [-0.39, 0.29) is 11.5 Å². The van der Waals surface area contributed by atoms with Gasteiger partial charge in [0.25, 0.3) is 0 Å². The molecule has 1 aromatic rings. The summed E-state index contributed by atoms with van der Waals surface area (Å²) in [5.74, 6) is 0.534. The zero-order chi connectivity index (χ0) is 13.1. The van der Waals surface area contributed by atoms with E-state index in [0.717, 1.165) is 5.56 Å². The second-order valence-corrected chi connectivity index (χ2v) is 6.45. The highest BCUT2D eigenvalue weighted by molar-refractivity contribution is 7.92. The number of hydrogen-bond acceptors (Lipinski definition) is 3. The largest absolute Gasteiger partial charge is 0.508 e. The molecule has 0 unspecified atom stereocenters. The lowest BCUT2D eigenvalue weighted by molar-refractivity contribution is 0.471. The Morgan fingerprint density at radius 1 is 1.35 bits per heavy atom. The van der Waals surface area contributed by atoms with E-state index in [9.17, 15) is 13.5 Å². The quantitative estimate of drug-likeness (QED) is 0.851. The standard InChI is InChI=1S/C12H19NO3S/c1-9(2)6-7-17(15,16)13-11-5-4-10(3)12(14)8-11/h4-5,8-9,13-14H,6-7H2,1-3H3. The van der Waals surface area contributed by atoms with Crippen LogP contribution in [0.3, 0.4) is 0 Å². The summed E-state index contributed by atoms with van der Waals surface area (Å²) in [6.45, 7) is 5.72. The molecule has 0 heterocycles. The number of benzene rings is 1. The van der Waals surface area contributed by atoms with Crippen molar-refractivity contribution in [1.82, 2.24) is 0 Å². The van der Waals surface area contributed by atoms with E-state index in [1.54, 1.807) is 19.1 Å². The second kappa shape index (κ2) is 5.40. The molecule has 0 aliphatic carbocycles. The zero-order valence-corrected chi connectivity index (χ0v) is 11.2. The van der Waals surface area contributed by atoms with Crippen molar-refractivity contribution < 1.29 is 13.5 Å². The molecule has 2 N–H and O–H groups in total. The Balaban J connectivity index is 2.73. The second-order valence-electron chi connectivity index (χ2n) is 4.60. The van der Waals surface area contributed by atoms with Gasteiger partial charge in [0, 0.05) is 6.07 Å². The monoisotopic (exact) mass is 257 g/mol. The highest BCUT2D eigenvalue weighted by atomic mass is 32.2. The van der Waals surface area contributed by atoms with Gasteiger partial charge in [0.2, 0.25) is 10.0 Å². The van der Waals surface area contributed by atoms with Gasteiger partial charge in [0.15, 0.2) is 0 Å². The Hall–Kier alpha value is -1.23. The van der Waals surface area contributed by atoms with Crippen LogP contribution in [0.1, 0.15) is 25.8 Å². The Bertz CT molecular complexity index is 481. The SMILES string of the molecule is Cc1ccc(NS(=O)(=O)CCC(C)C)cc1O. The number of nitrogens with one attached hydrogen (secondary N) is 1. The number of phenols is 1. The minimum atomic E-state index is -3.32. The van der Waals surface area contributed by atoms with Crippen LogP contribution in [-0.4, -0.2) is 19.3 Å². The number of aromatic hydroxyl groups is 1. The van der Waals surface area contributed by atoms with E-state index in [4.69, 9.17) is 0 Å². The minimum Gasteiger partial charge on any atom is -0.508 e. The molecule has 0 bridgehead atoms. The molecule has 4 nitrogen and oxygen atoms in total. The van der Waals surface area contributed by atoms with Gasteiger partial charge in [0.1, 0.15) is 5.75 Å². The molecule has 1 rings (SSSR count). The van der Waals surface area contributed by atoms with Crippen LogP contribution in [0.15, 0.2) is 18.2 Å². The molecule has 0 radical (unpaired) electrons. The van der Waals surface area contributed by atoms with Crippen LogP contribution in [0, 0.1) is 12.8 Å². The number of phenolic OH excluding ortho intramolecular Hbond substituents is 1. The molecule has 0 saturated heterocycles. The molecule has 96 valence electrons. The maximum atomic E-state index is 11.7. The van der Waals surface area contributed by atoms with E-state index in [1.807, 2.05) is 13.8 Å². The molecule has 0 spiro atoms. The van der Waals surface area contributed by atoms with Crippen molar-refractivity contribution in [1.29, 1.82) is 0 Å². The van der Waals surface area contributed by atoms with Crippen LogP contribution in [0.2, 0.25) is 0 Å². The van der Waals surface area contributed by atoms with E-state index in [0.29, 0.717) is 18.0 Å². The van der Waals surface area contributed by atoms with Crippen LogP contribution in [0.5, 0.6) is 5.75 Å². The molecule has 0 fully saturated rings. The minimum absolute atomic E-state index is 0.0917. The van der Waals surface area contributed by atoms with Gasteiger partial charge in [0.05, 0.1) is 11.4 Å². The lowest BCUT2D eigenvalue weighted by Crippen LogP contribution is -2.17. The van der Waals surface area contributed by atoms with Gasteiger partial charge >= 0.3 is 0 Å². The summed E-state index contributed by atoms with van der Waals surface area (Å²) in [6, 6.07) is 4.74. The zero-order valence-electron chi connectivity index (χ0n) is 10.4. The fraction of sp³-hybridized carbons (Fsp3) is 0.500. The first kappa shape index (κ1) is 13.8. The average molecular weight is 257 g/mol. The summed E-state index contributed by atoms with van der Waals surface area (Å²) in [7, 11) is -3.32. The lowest BCUT2D eigenvalue weighted by atomic mass is 10.2. The first-order valence-electron chi connectivity index (χ1n) is 5.60. The Kier molecular flexibility index (Phi) is 4.40. The first-order chi connectivity index (χ1) is 7.80. The molecule has 1 aromatic carbocycles. The van der Waals surface area contributed by atoms with E-state index < -0.39 is 10.0 Å². The third-order valence-corrected chi connectivity index (χ3v) is 3.77. The lowest BCUT2D eigenvalue weighted by Gasteiger charge is -2.10. The van der Waals surface area contributed by atoms with Gasteiger partial charge in [-0.1, -0.05) is 19.9 Å². The predicted octanol–water partition coefficient (Wildman–Crippen LogP) is 2.49. The van der Waals surface area contributed by atoms with Crippen LogP contribution < -0.4 is 4.72 Å². The molecular formula is C12H19NO3S. The molecule has 0 atom stereocenters. The smallest absolute Gasteiger partial charge is 0.232 e. The van der Waals surface area contributed by atoms with Crippen LogP contribution in [0.4, 0.5) is 5.69 Å². The number of hydrogen-bond donors (Lipinski definition) is 2. The van der Waals surface area contributed by atoms with E-state index in [2.05, 4.69) is 4.72 Å². The molecule has 5 heteroatoms. The van der Waals surface area contributed by atoms with Crippen LogP contribution >= 0.6 is 0 Å². The van der Waals surface area contributed by atoms with Crippen LogP contribution in [-0.2, 0) is 10.0 Å².